The van der Waals surface area contributed by atoms with Crippen LogP contribution >= 0.6 is 0 Å². The summed E-state index contributed by atoms with van der Waals surface area (Å²) in [5.41, 5.74) is 4.26. The standard InChI is InChI=1S/C17H26N2O/c1-5-17(7-6-8-18-11-17)16(20)19-15-13(3)9-12(2)10-14(15)4/h9-10,18H,5-8,11H2,1-4H3,(H,19,20). The maximum Gasteiger partial charge on any atom is 0.231 e. The van der Waals surface area contributed by atoms with Gasteiger partial charge in [0.05, 0.1) is 5.41 Å². The number of hydrogen-bond donors (Lipinski definition) is 2. The van der Waals surface area contributed by atoms with Crippen LogP contribution in [0.25, 0.3) is 0 Å². The van der Waals surface area contributed by atoms with E-state index >= 15 is 0 Å². The number of carbonyl (C=O) groups excluding carboxylic acids is 1. The summed E-state index contributed by atoms with van der Waals surface area (Å²) in [5, 5.41) is 6.56. The predicted octanol–water partition coefficient (Wildman–Crippen LogP) is 3.33. The monoisotopic (exact) mass is 274 g/mol. The van der Waals surface area contributed by atoms with Gasteiger partial charge in [-0.25, -0.2) is 0 Å². The fraction of sp³-hybridized carbons (Fsp3) is 0.588. The molecule has 1 atom stereocenters. The predicted molar refractivity (Wildman–Crippen MR) is 84.1 cm³/mol. The van der Waals surface area contributed by atoms with Gasteiger partial charge in [-0.15, -0.1) is 0 Å². The summed E-state index contributed by atoms with van der Waals surface area (Å²) in [4.78, 5) is 12.8. The van der Waals surface area contributed by atoms with Crippen molar-refractivity contribution in [2.75, 3.05) is 18.4 Å². The third-order valence-electron chi connectivity index (χ3n) is 4.55. The van der Waals surface area contributed by atoms with Crippen molar-refractivity contribution >= 4 is 11.6 Å². The highest BCUT2D eigenvalue weighted by Gasteiger charge is 2.38. The Morgan fingerprint density at radius 1 is 1.30 bits per heavy atom. The number of anilines is 1. The Kier molecular flexibility index (Phi) is 4.48. The number of hydrogen-bond acceptors (Lipinski definition) is 2. The summed E-state index contributed by atoms with van der Waals surface area (Å²) in [6.07, 6.45) is 2.94. The van der Waals surface area contributed by atoms with Gasteiger partial charge in [0.1, 0.15) is 0 Å². The molecule has 1 aromatic carbocycles. The minimum absolute atomic E-state index is 0.169. The maximum absolute atomic E-state index is 12.8. The van der Waals surface area contributed by atoms with Crippen LogP contribution in [0.1, 0.15) is 42.9 Å². The van der Waals surface area contributed by atoms with Crippen LogP contribution in [0.2, 0.25) is 0 Å². The maximum atomic E-state index is 12.8. The van der Waals surface area contributed by atoms with E-state index < -0.39 is 0 Å². The molecule has 1 saturated heterocycles. The van der Waals surface area contributed by atoms with Gasteiger partial charge in [0.15, 0.2) is 0 Å². The zero-order valence-corrected chi connectivity index (χ0v) is 13.1. The Balaban J connectivity index is 2.23. The Labute approximate surface area is 122 Å². The van der Waals surface area contributed by atoms with Gasteiger partial charge in [-0.2, -0.15) is 0 Å². The lowest BCUT2D eigenvalue weighted by atomic mass is 9.77. The van der Waals surface area contributed by atoms with Crippen molar-refractivity contribution in [3.05, 3.63) is 28.8 Å². The van der Waals surface area contributed by atoms with E-state index in [2.05, 4.69) is 50.5 Å². The molecule has 3 heteroatoms. The summed E-state index contributed by atoms with van der Waals surface area (Å²) < 4.78 is 0. The average molecular weight is 274 g/mol. The summed E-state index contributed by atoms with van der Waals surface area (Å²) in [6, 6.07) is 4.25. The molecule has 2 N–H and O–H groups in total. The van der Waals surface area contributed by atoms with E-state index in [4.69, 9.17) is 0 Å². The van der Waals surface area contributed by atoms with Crippen LogP contribution in [0, 0.1) is 26.2 Å². The lowest BCUT2D eigenvalue weighted by Gasteiger charge is -2.35. The van der Waals surface area contributed by atoms with E-state index in [1.807, 2.05) is 0 Å². The van der Waals surface area contributed by atoms with Gasteiger partial charge in [-0.1, -0.05) is 24.6 Å². The largest absolute Gasteiger partial charge is 0.325 e. The Bertz CT molecular complexity index is 479. The second-order valence-electron chi connectivity index (χ2n) is 6.14. The molecule has 0 aromatic heterocycles. The lowest BCUT2D eigenvalue weighted by molar-refractivity contribution is -0.126. The van der Waals surface area contributed by atoms with Crippen LogP contribution in [0.3, 0.4) is 0 Å². The molecule has 0 spiro atoms. The third-order valence-corrected chi connectivity index (χ3v) is 4.55. The summed E-state index contributed by atoms with van der Waals surface area (Å²) in [6.45, 7) is 10.1. The van der Waals surface area contributed by atoms with Crippen molar-refractivity contribution in [1.82, 2.24) is 5.32 Å². The Hall–Kier alpha value is -1.35. The van der Waals surface area contributed by atoms with E-state index in [0.717, 1.165) is 49.2 Å². The molecule has 110 valence electrons. The van der Waals surface area contributed by atoms with E-state index in [-0.39, 0.29) is 11.3 Å². The van der Waals surface area contributed by atoms with Crippen molar-refractivity contribution in [2.24, 2.45) is 5.41 Å². The van der Waals surface area contributed by atoms with Crippen molar-refractivity contribution in [1.29, 1.82) is 0 Å². The van der Waals surface area contributed by atoms with Crippen molar-refractivity contribution in [3.63, 3.8) is 0 Å². The van der Waals surface area contributed by atoms with E-state index in [1.54, 1.807) is 0 Å². The first-order chi connectivity index (χ1) is 9.48. The fourth-order valence-electron chi connectivity index (χ4n) is 3.25. The highest BCUT2D eigenvalue weighted by molar-refractivity contribution is 5.96. The molecule has 1 aliphatic heterocycles. The molecule has 1 heterocycles. The molecule has 20 heavy (non-hydrogen) atoms. The molecule has 1 unspecified atom stereocenters. The van der Waals surface area contributed by atoms with Gasteiger partial charge < -0.3 is 10.6 Å². The third kappa shape index (κ3) is 2.88. The molecule has 0 bridgehead atoms. The molecule has 1 fully saturated rings. The number of carbonyl (C=O) groups is 1. The van der Waals surface area contributed by atoms with Crippen LogP contribution in [0.4, 0.5) is 5.69 Å². The summed E-state index contributed by atoms with van der Waals surface area (Å²) >= 11 is 0. The molecular weight excluding hydrogens is 248 g/mol. The molecule has 1 aliphatic rings. The molecular formula is C17H26N2O. The number of benzene rings is 1. The van der Waals surface area contributed by atoms with Gasteiger partial charge in [0.2, 0.25) is 5.91 Å². The first kappa shape index (κ1) is 15.0. The topological polar surface area (TPSA) is 41.1 Å². The highest BCUT2D eigenvalue weighted by atomic mass is 16.2. The molecule has 2 rings (SSSR count). The summed E-state index contributed by atoms with van der Waals surface area (Å²) in [7, 11) is 0. The highest BCUT2D eigenvalue weighted by Crippen LogP contribution is 2.33. The molecule has 0 saturated carbocycles. The van der Waals surface area contributed by atoms with Gasteiger partial charge >= 0.3 is 0 Å². The lowest BCUT2D eigenvalue weighted by Crippen LogP contribution is -2.47. The van der Waals surface area contributed by atoms with Gasteiger partial charge in [0.25, 0.3) is 0 Å². The van der Waals surface area contributed by atoms with Crippen LogP contribution in [-0.2, 0) is 4.79 Å². The Morgan fingerprint density at radius 3 is 2.45 bits per heavy atom. The van der Waals surface area contributed by atoms with Crippen molar-refractivity contribution in [3.8, 4) is 0 Å². The van der Waals surface area contributed by atoms with Gasteiger partial charge in [-0.3, -0.25) is 4.79 Å². The number of piperidine rings is 1. The zero-order valence-electron chi connectivity index (χ0n) is 13.1. The molecule has 3 nitrogen and oxygen atoms in total. The van der Waals surface area contributed by atoms with Crippen LogP contribution in [-0.4, -0.2) is 19.0 Å². The molecule has 1 amide bonds. The normalized spacial score (nSPS) is 22.6. The first-order valence-electron chi connectivity index (χ1n) is 7.58. The van der Waals surface area contributed by atoms with E-state index in [0.29, 0.717) is 0 Å². The minimum Gasteiger partial charge on any atom is -0.325 e. The number of amides is 1. The number of rotatable bonds is 3. The van der Waals surface area contributed by atoms with Gasteiger partial charge in [0, 0.05) is 12.2 Å². The SMILES string of the molecule is CCC1(C(=O)Nc2c(C)cc(C)cc2C)CCCNC1. The second kappa shape index (κ2) is 5.96. The van der Waals surface area contributed by atoms with Crippen molar-refractivity contribution < 1.29 is 4.79 Å². The van der Waals surface area contributed by atoms with Crippen LogP contribution in [0.5, 0.6) is 0 Å². The van der Waals surface area contributed by atoms with E-state index in [1.165, 1.54) is 5.56 Å². The fourth-order valence-corrected chi connectivity index (χ4v) is 3.25. The van der Waals surface area contributed by atoms with Crippen molar-refractivity contribution in [2.45, 2.75) is 47.0 Å². The first-order valence-corrected chi connectivity index (χ1v) is 7.58. The number of aryl methyl sites for hydroxylation is 3. The Morgan fingerprint density at radius 2 is 1.95 bits per heavy atom. The molecule has 0 radical (unpaired) electrons. The van der Waals surface area contributed by atoms with E-state index in [9.17, 15) is 4.79 Å². The molecule has 0 aliphatic carbocycles. The quantitative estimate of drug-likeness (QED) is 0.887. The summed E-state index contributed by atoms with van der Waals surface area (Å²) in [5.74, 6) is 0.169. The average Bonchev–Trinajstić information content (AvgIpc) is 2.43. The minimum atomic E-state index is -0.248. The van der Waals surface area contributed by atoms with Crippen LogP contribution < -0.4 is 10.6 Å². The zero-order chi connectivity index (χ0) is 14.8. The van der Waals surface area contributed by atoms with Gasteiger partial charge in [-0.05, 0) is 57.7 Å². The molecule has 1 aromatic rings. The second-order valence-corrected chi connectivity index (χ2v) is 6.14. The van der Waals surface area contributed by atoms with Crippen LogP contribution in [0.15, 0.2) is 12.1 Å². The smallest absolute Gasteiger partial charge is 0.231 e. The number of nitrogens with one attached hydrogen (secondary N) is 2.